The van der Waals surface area contributed by atoms with Crippen LogP contribution in [0.1, 0.15) is 13.3 Å². The predicted molar refractivity (Wildman–Crippen MR) is 54.8 cm³/mol. The van der Waals surface area contributed by atoms with Crippen molar-refractivity contribution >= 4 is 30.4 Å². The van der Waals surface area contributed by atoms with Gasteiger partial charge in [-0.05, 0) is 13.3 Å². The van der Waals surface area contributed by atoms with Crippen LogP contribution in [0, 0.1) is 5.92 Å². The number of thioether (sulfide) groups is 1. The van der Waals surface area contributed by atoms with Crippen LogP contribution in [0.5, 0.6) is 0 Å². The van der Waals surface area contributed by atoms with Gasteiger partial charge in [-0.2, -0.15) is 24.4 Å². The first kappa shape index (κ1) is 10.3. The maximum atomic E-state index is 11.3. The summed E-state index contributed by atoms with van der Waals surface area (Å²) in [6.07, 6.45) is 0.870. The molecule has 1 heterocycles. The molecular weight excluding hydrogens is 192 g/mol. The molecule has 2 unspecified atom stereocenters. The van der Waals surface area contributed by atoms with Crippen molar-refractivity contribution < 1.29 is 9.53 Å². The molecule has 4 heteroatoms. The Hall–Kier alpha value is 0.170. The first-order valence-corrected chi connectivity index (χ1v) is 5.83. The van der Waals surface area contributed by atoms with Crippen LogP contribution in [-0.4, -0.2) is 29.3 Å². The van der Waals surface area contributed by atoms with E-state index in [1.54, 1.807) is 11.8 Å². The molecular formula is C8H14O2S2. The van der Waals surface area contributed by atoms with Gasteiger partial charge in [-0.25, -0.2) is 0 Å². The van der Waals surface area contributed by atoms with Gasteiger partial charge in [0.25, 0.3) is 0 Å². The van der Waals surface area contributed by atoms with Crippen molar-refractivity contribution in [3.8, 4) is 0 Å². The van der Waals surface area contributed by atoms with Crippen LogP contribution >= 0.6 is 24.4 Å². The molecule has 1 aliphatic rings. The van der Waals surface area contributed by atoms with Crippen molar-refractivity contribution in [1.82, 2.24) is 0 Å². The summed E-state index contributed by atoms with van der Waals surface area (Å²) in [6, 6.07) is 0. The van der Waals surface area contributed by atoms with Crippen LogP contribution in [0.25, 0.3) is 0 Å². The topological polar surface area (TPSA) is 26.3 Å². The Labute approximate surface area is 82.8 Å². The number of carbonyl (C=O) groups excluding carboxylic acids is 1. The van der Waals surface area contributed by atoms with Crippen LogP contribution in [0.2, 0.25) is 0 Å². The second-order valence-electron chi connectivity index (χ2n) is 2.88. The molecule has 1 fully saturated rings. The monoisotopic (exact) mass is 206 g/mol. The molecule has 0 bridgehead atoms. The van der Waals surface area contributed by atoms with Gasteiger partial charge in [-0.1, -0.05) is 0 Å². The summed E-state index contributed by atoms with van der Waals surface area (Å²) >= 11 is 6.14. The van der Waals surface area contributed by atoms with Gasteiger partial charge in [0.1, 0.15) is 0 Å². The van der Waals surface area contributed by atoms with Crippen molar-refractivity contribution in [2.75, 3.05) is 18.1 Å². The van der Waals surface area contributed by atoms with E-state index in [4.69, 9.17) is 4.74 Å². The SMILES string of the molecule is CCOC(=O)C1CSCC(S)C1. The highest BCUT2D eigenvalue weighted by atomic mass is 32.2. The quantitative estimate of drug-likeness (QED) is 0.549. The van der Waals surface area contributed by atoms with E-state index in [1.165, 1.54) is 0 Å². The number of carbonyl (C=O) groups is 1. The molecule has 0 aromatic heterocycles. The zero-order valence-corrected chi connectivity index (χ0v) is 8.87. The summed E-state index contributed by atoms with van der Waals surface area (Å²) in [5.74, 6) is 1.98. The van der Waals surface area contributed by atoms with Crippen LogP contribution in [0.4, 0.5) is 0 Å². The standard InChI is InChI=1S/C8H14O2S2/c1-2-10-8(9)6-3-7(11)5-12-4-6/h6-7,11H,2-5H2,1H3. The van der Waals surface area contributed by atoms with E-state index >= 15 is 0 Å². The summed E-state index contributed by atoms with van der Waals surface area (Å²) in [5, 5.41) is 0.359. The Kier molecular flexibility index (Phi) is 4.29. The molecule has 1 saturated heterocycles. The number of rotatable bonds is 2. The lowest BCUT2D eigenvalue weighted by Gasteiger charge is -2.23. The third-order valence-electron chi connectivity index (χ3n) is 1.81. The first-order chi connectivity index (χ1) is 5.74. The van der Waals surface area contributed by atoms with Gasteiger partial charge in [0.05, 0.1) is 12.5 Å². The Morgan fingerprint density at radius 3 is 3.00 bits per heavy atom. The molecule has 1 rings (SSSR count). The fourth-order valence-corrected chi connectivity index (χ4v) is 2.91. The number of ether oxygens (including phenoxy) is 1. The van der Waals surface area contributed by atoms with Crippen molar-refractivity contribution in [2.45, 2.75) is 18.6 Å². The van der Waals surface area contributed by atoms with Gasteiger partial charge in [-0.15, -0.1) is 0 Å². The Balaban J connectivity index is 2.35. The largest absolute Gasteiger partial charge is 0.466 e. The highest BCUT2D eigenvalue weighted by Crippen LogP contribution is 2.26. The van der Waals surface area contributed by atoms with Gasteiger partial charge in [0, 0.05) is 16.8 Å². The van der Waals surface area contributed by atoms with Crippen molar-refractivity contribution in [3.05, 3.63) is 0 Å². The van der Waals surface area contributed by atoms with Crippen LogP contribution < -0.4 is 0 Å². The lowest BCUT2D eigenvalue weighted by molar-refractivity contribution is -0.147. The second-order valence-corrected chi connectivity index (χ2v) is 4.68. The Morgan fingerprint density at radius 1 is 1.67 bits per heavy atom. The fourth-order valence-electron chi connectivity index (χ4n) is 1.24. The van der Waals surface area contributed by atoms with E-state index < -0.39 is 0 Å². The zero-order valence-electron chi connectivity index (χ0n) is 7.16. The van der Waals surface area contributed by atoms with E-state index in [0.717, 1.165) is 17.9 Å². The third-order valence-corrected chi connectivity index (χ3v) is 3.72. The lowest BCUT2D eigenvalue weighted by Crippen LogP contribution is -2.28. The molecule has 1 aliphatic heterocycles. The molecule has 2 atom stereocenters. The predicted octanol–water partition coefficient (Wildman–Crippen LogP) is 1.60. The van der Waals surface area contributed by atoms with E-state index in [9.17, 15) is 4.79 Å². The number of hydrogen-bond acceptors (Lipinski definition) is 4. The van der Waals surface area contributed by atoms with Crippen LogP contribution in [0.15, 0.2) is 0 Å². The number of hydrogen-bond donors (Lipinski definition) is 1. The van der Waals surface area contributed by atoms with Crippen molar-refractivity contribution in [3.63, 3.8) is 0 Å². The molecule has 0 radical (unpaired) electrons. The maximum Gasteiger partial charge on any atom is 0.309 e. The van der Waals surface area contributed by atoms with Gasteiger partial charge in [0.2, 0.25) is 0 Å². The van der Waals surface area contributed by atoms with Crippen molar-refractivity contribution in [2.24, 2.45) is 5.92 Å². The molecule has 0 amide bonds. The van der Waals surface area contributed by atoms with Gasteiger partial charge >= 0.3 is 5.97 Å². The maximum absolute atomic E-state index is 11.3. The third kappa shape index (κ3) is 2.90. The highest BCUT2D eigenvalue weighted by molar-refractivity contribution is 8.00. The summed E-state index contributed by atoms with van der Waals surface area (Å²) in [5.41, 5.74) is 0. The molecule has 0 saturated carbocycles. The Morgan fingerprint density at radius 2 is 2.42 bits per heavy atom. The minimum atomic E-state index is -0.0521. The van der Waals surface area contributed by atoms with E-state index in [1.807, 2.05) is 6.92 Å². The molecule has 0 N–H and O–H groups in total. The zero-order chi connectivity index (χ0) is 8.97. The van der Waals surface area contributed by atoms with Crippen LogP contribution in [0.3, 0.4) is 0 Å². The summed E-state index contributed by atoms with van der Waals surface area (Å²) in [6.45, 7) is 2.32. The molecule has 0 aliphatic carbocycles. The second kappa shape index (κ2) is 5.02. The first-order valence-electron chi connectivity index (χ1n) is 4.16. The fraction of sp³-hybridized carbons (Fsp3) is 0.875. The number of esters is 1. The van der Waals surface area contributed by atoms with Crippen molar-refractivity contribution in [1.29, 1.82) is 0 Å². The van der Waals surface area contributed by atoms with Gasteiger partial charge in [0.15, 0.2) is 0 Å². The summed E-state index contributed by atoms with van der Waals surface area (Å²) in [7, 11) is 0. The molecule has 70 valence electrons. The molecule has 0 spiro atoms. The molecule has 12 heavy (non-hydrogen) atoms. The lowest BCUT2D eigenvalue weighted by atomic mass is 10.1. The number of thiol groups is 1. The summed E-state index contributed by atoms with van der Waals surface area (Å²) < 4.78 is 4.94. The molecule has 0 aromatic carbocycles. The van der Waals surface area contributed by atoms with Crippen LogP contribution in [-0.2, 0) is 9.53 Å². The van der Waals surface area contributed by atoms with Gasteiger partial charge in [-0.3, -0.25) is 4.79 Å². The van der Waals surface area contributed by atoms with E-state index in [-0.39, 0.29) is 11.9 Å². The highest BCUT2D eigenvalue weighted by Gasteiger charge is 2.26. The average molecular weight is 206 g/mol. The smallest absolute Gasteiger partial charge is 0.309 e. The van der Waals surface area contributed by atoms with E-state index in [2.05, 4.69) is 12.6 Å². The molecule has 0 aromatic rings. The normalized spacial score (nSPS) is 29.8. The van der Waals surface area contributed by atoms with Gasteiger partial charge < -0.3 is 4.74 Å². The summed E-state index contributed by atoms with van der Waals surface area (Å²) in [4.78, 5) is 11.3. The van der Waals surface area contributed by atoms with E-state index in [0.29, 0.717) is 11.9 Å². The minimum Gasteiger partial charge on any atom is -0.466 e. The Bertz CT molecular complexity index is 161. The minimum absolute atomic E-state index is 0.0521. The molecule has 2 nitrogen and oxygen atoms in total. The average Bonchev–Trinajstić information content (AvgIpc) is 2.05.